The molecule has 5 heteroatoms. The van der Waals surface area contributed by atoms with Crippen LogP contribution in [0.3, 0.4) is 0 Å². The van der Waals surface area contributed by atoms with Crippen LogP contribution in [0.4, 0.5) is 13.2 Å². The van der Waals surface area contributed by atoms with Crippen LogP contribution in [0.2, 0.25) is 0 Å². The van der Waals surface area contributed by atoms with Crippen LogP contribution >= 0.6 is 0 Å². The molecule has 1 unspecified atom stereocenters. The lowest BCUT2D eigenvalue weighted by molar-refractivity contribution is 0.419. The largest absolute Gasteiger partial charge is 0.271 e. The minimum atomic E-state index is -1.47. The number of nitrogens with two attached hydrogens (primary N) is 1. The molecule has 0 bridgehead atoms. The number of benzene rings is 2. The van der Waals surface area contributed by atoms with E-state index in [2.05, 4.69) is 5.43 Å². The molecule has 0 heterocycles. The lowest BCUT2D eigenvalue weighted by atomic mass is 9.97. The third kappa shape index (κ3) is 3.43. The van der Waals surface area contributed by atoms with Crippen molar-refractivity contribution in [2.75, 3.05) is 0 Å². The Hall–Kier alpha value is -1.85. The van der Waals surface area contributed by atoms with Crippen LogP contribution in [0.1, 0.15) is 29.2 Å². The fourth-order valence-corrected chi connectivity index (χ4v) is 2.33. The average Bonchev–Trinajstić information content (AvgIpc) is 2.49. The van der Waals surface area contributed by atoms with Gasteiger partial charge in [0.2, 0.25) is 0 Å². The van der Waals surface area contributed by atoms with Gasteiger partial charge in [0.15, 0.2) is 17.5 Å². The Morgan fingerprint density at radius 3 is 2.43 bits per heavy atom. The van der Waals surface area contributed by atoms with Gasteiger partial charge in [-0.3, -0.25) is 11.3 Å². The Labute approximate surface area is 121 Å². The normalized spacial score (nSPS) is 12.4. The smallest absolute Gasteiger partial charge is 0.194 e. The van der Waals surface area contributed by atoms with E-state index in [4.69, 9.17) is 5.84 Å². The third-order valence-electron chi connectivity index (χ3n) is 3.61. The molecule has 2 rings (SSSR count). The van der Waals surface area contributed by atoms with Gasteiger partial charge in [-0.1, -0.05) is 30.3 Å². The van der Waals surface area contributed by atoms with Crippen molar-refractivity contribution in [2.24, 2.45) is 5.84 Å². The molecule has 2 nitrogen and oxygen atoms in total. The monoisotopic (exact) mass is 294 g/mol. The highest BCUT2D eigenvalue weighted by atomic mass is 19.2. The van der Waals surface area contributed by atoms with Gasteiger partial charge in [-0.15, -0.1) is 0 Å². The maximum atomic E-state index is 13.8. The van der Waals surface area contributed by atoms with Gasteiger partial charge in [0.25, 0.3) is 0 Å². The predicted octanol–water partition coefficient (Wildman–Crippen LogP) is 3.55. The molecule has 0 saturated heterocycles. The molecule has 0 radical (unpaired) electrons. The van der Waals surface area contributed by atoms with Crippen molar-refractivity contribution in [1.82, 2.24) is 5.43 Å². The number of halogens is 3. The zero-order valence-electron chi connectivity index (χ0n) is 11.7. The highest BCUT2D eigenvalue weighted by Crippen LogP contribution is 2.25. The van der Waals surface area contributed by atoms with Gasteiger partial charge in [-0.25, -0.2) is 13.2 Å². The van der Waals surface area contributed by atoms with Crippen LogP contribution in [0.15, 0.2) is 36.4 Å². The highest BCUT2D eigenvalue weighted by molar-refractivity contribution is 5.27. The van der Waals surface area contributed by atoms with Crippen molar-refractivity contribution in [3.05, 3.63) is 70.5 Å². The standard InChI is InChI=1S/C16H17F3N2/c1-10-4-2-3-5-11(10)6-9-14(21-20)12-7-8-13(17)16(19)15(12)18/h2-5,7-8,14,21H,6,9,20H2,1H3. The van der Waals surface area contributed by atoms with Crippen LogP contribution in [-0.4, -0.2) is 0 Å². The Balaban J connectivity index is 2.18. The number of nitrogens with one attached hydrogen (secondary N) is 1. The van der Waals surface area contributed by atoms with Crippen molar-refractivity contribution in [3.63, 3.8) is 0 Å². The molecule has 1 atom stereocenters. The van der Waals surface area contributed by atoms with Crippen LogP contribution in [0, 0.1) is 24.4 Å². The molecule has 2 aromatic rings. The van der Waals surface area contributed by atoms with E-state index in [0.717, 1.165) is 17.2 Å². The van der Waals surface area contributed by atoms with E-state index in [1.165, 1.54) is 6.07 Å². The third-order valence-corrected chi connectivity index (χ3v) is 3.61. The second-order valence-electron chi connectivity index (χ2n) is 4.95. The van der Waals surface area contributed by atoms with Gasteiger partial charge in [0.1, 0.15) is 0 Å². The quantitative estimate of drug-likeness (QED) is 0.503. The molecule has 0 amide bonds. The van der Waals surface area contributed by atoms with Crippen LogP contribution in [-0.2, 0) is 6.42 Å². The first-order valence-electron chi connectivity index (χ1n) is 6.68. The fourth-order valence-electron chi connectivity index (χ4n) is 2.33. The maximum absolute atomic E-state index is 13.8. The topological polar surface area (TPSA) is 38.0 Å². The summed E-state index contributed by atoms with van der Waals surface area (Å²) in [6, 6.07) is 9.36. The van der Waals surface area contributed by atoms with Crippen LogP contribution in [0.25, 0.3) is 0 Å². The summed E-state index contributed by atoms with van der Waals surface area (Å²) in [4.78, 5) is 0. The van der Waals surface area contributed by atoms with Crippen molar-refractivity contribution in [1.29, 1.82) is 0 Å². The number of hydrogen-bond donors (Lipinski definition) is 2. The summed E-state index contributed by atoms with van der Waals surface area (Å²) in [5.74, 6) is 1.57. The Morgan fingerprint density at radius 1 is 1.05 bits per heavy atom. The molecule has 21 heavy (non-hydrogen) atoms. The van der Waals surface area contributed by atoms with E-state index in [1.54, 1.807) is 0 Å². The van der Waals surface area contributed by atoms with Crippen molar-refractivity contribution in [3.8, 4) is 0 Å². The van der Waals surface area contributed by atoms with E-state index < -0.39 is 23.5 Å². The second kappa shape index (κ2) is 6.74. The summed E-state index contributed by atoms with van der Waals surface area (Å²) >= 11 is 0. The molecule has 0 saturated carbocycles. The summed E-state index contributed by atoms with van der Waals surface area (Å²) in [5.41, 5.74) is 4.73. The first-order chi connectivity index (χ1) is 10.0. The lowest BCUT2D eigenvalue weighted by Gasteiger charge is -2.18. The summed E-state index contributed by atoms with van der Waals surface area (Å²) in [6.45, 7) is 1.98. The molecule has 112 valence electrons. The van der Waals surface area contributed by atoms with Crippen LogP contribution < -0.4 is 11.3 Å². The molecule has 3 N–H and O–H groups in total. The lowest BCUT2D eigenvalue weighted by Crippen LogP contribution is -2.29. The Bertz CT molecular complexity index is 629. The predicted molar refractivity (Wildman–Crippen MR) is 75.9 cm³/mol. The van der Waals surface area contributed by atoms with Gasteiger partial charge in [0.05, 0.1) is 0 Å². The van der Waals surface area contributed by atoms with Crippen molar-refractivity contribution < 1.29 is 13.2 Å². The molecular formula is C16H17F3N2. The van der Waals surface area contributed by atoms with Crippen molar-refractivity contribution in [2.45, 2.75) is 25.8 Å². The van der Waals surface area contributed by atoms with Crippen molar-refractivity contribution >= 4 is 0 Å². The number of hydrogen-bond acceptors (Lipinski definition) is 2. The Morgan fingerprint density at radius 2 is 1.76 bits per heavy atom. The number of hydrazine groups is 1. The molecule has 0 aromatic heterocycles. The van der Waals surface area contributed by atoms with E-state index >= 15 is 0 Å². The van der Waals surface area contributed by atoms with E-state index in [0.29, 0.717) is 12.8 Å². The van der Waals surface area contributed by atoms with Gasteiger partial charge < -0.3 is 0 Å². The number of rotatable bonds is 5. The van der Waals surface area contributed by atoms with E-state index in [1.807, 2.05) is 31.2 Å². The zero-order valence-corrected chi connectivity index (χ0v) is 11.7. The van der Waals surface area contributed by atoms with Crippen LogP contribution in [0.5, 0.6) is 0 Å². The first-order valence-corrected chi connectivity index (χ1v) is 6.68. The minimum Gasteiger partial charge on any atom is -0.271 e. The van der Waals surface area contributed by atoms with E-state index in [9.17, 15) is 13.2 Å². The van der Waals surface area contributed by atoms with Gasteiger partial charge in [-0.2, -0.15) is 0 Å². The molecule has 0 aliphatic carbocycles. The Kier molecular flexibility index (Phi) is 4.98. The molecule has 0 aliphatic heterocycles. The molecule has 0 aliphatic rings. The second-order valence-corrected chi connectivity index (χ2v) is 4.95. The summed E-state index contributed by atoms with van der Waals surface area (Å²) < 4.78 is 40.1. The van der Waals surface area contributed by atoms with Gasteiger partial charge in [0, 0.05) is 11.6 Å². The summed E-state index contributed by atoms with van der Waals surface area (Å²) in [7, 11) is 0. The first kappa shape index (κ1) is 15.5. The average molecular weight is 294 g/mol. The SMILES string of the molecule is Cc1ccccc1CCC(NN)c1ccc(F)c(F)c1F. The molecular weight excluding hydrogens is 277 g/mol. The molecule has 0 spiro atoms. The van der Waals surface area contributed by atoms with Gasteiger partial charge in [-0.05, 0) is 37.0 Å². The summed E-state index contributed by atoms with van der Waals surface area (Å²) in [6.07, 6.45) is 1.13. The highest BCUT2D eigenvalue weighted by Gasteiger charge is 2.20. The number of aryl methyl sites for hydroxylation is 2. The van der Waals surface area contributed by atoms with E-state index in [-0.39, 0.29) is 5.56 Å². The minimum absolute atomic E-state index is 0.0324. The maximum Gasteiger partial charge on any atom is 0.194 e. The summed E-state index contributed by atoms with van der Waals surface area (Å²) in [5, 5.41) is 0. The molecule has 2 aromatic carbocycles. The zero-order chi connectivity index (χ0) is 15.4. The van der Waals surface area contributed by atoms with Gasteiger partial charge >= 0.3 is 0 Å². The fraction of sp³-hybridized carbons (Fsp3) is 0.250. The molecule has 0 fully saturated rings.